The van der Waals surface area contributed by atoms with Gasteiger partial charge in [0.25, 0.3) is 6.43 Å². The third-order valence-corrected chi connectivity index (χ3v) is 7.50. The van der Waals surface area contributed by atoms with E-state index in [1.807, 2.05) is 12.1 Å². The van der Waals surface area contributed by atoms with Crippen LogP contribution in [0.1, 0.15) is 57.2 Å². The molecule has 10 heteroatoms. The molecule has 0 unspecified atom stereocenters. The van der Waals surface area contributed by atoms with Crippen molar-refractivity contribution in [3.63, 3.8) is 0 Å². The van der Waals surface area contributed by atoms with E-state index in [0.29, 0.717) is 24.2 Å². The molecular weight excluding hydrogens is 442 g/mol. The minimum Gasteiger partial charge on any atom is -0.374 e. The molecule has 1 N–H and O–H groups in total. The molecule has 3 fully saturated rings. The van der Waals surface area contributed by atoms with Crippen molar-refractivity contribution in [1.82, 2.24) is 19.3 Å². The molecule has 5 heterocycles. The number of fused-ring (bicyclic) bond motifs is 3. The molecule has 2 bridgehead atoms. The van der Waals surface area contributed by atoms with Gasteiger partial charge in [-0.15, -0.1) is 0 Å². The summed E-state index contributed by atoms with van der Waals surface area (Å²) >= 11 is 0. The van der Waals surface area contributed by atoms with Gasteiger partial charge in [0.05, 0.1) is 30.5 Å². The second-order valence-electron chi connectivity index (χ2n) is 9.82. The molecule has 0 aromatic carbocycles. The molecule has 180 valence electrons. The van der Waals surface area contributed by atoms with Gasteiger partial charge in [0, 0.05) is 24.3 Å². The van der Waals surface area contributed by atoms with Crippen LogP contribution < -0.4 is 10.2 Å². The predicted molar refractivity (Wildman–Crippen MR) is 123 cm³/mol. The van der Waals surface area contributed by atoms with Crippen LogP contribution in [-0.4, -0.2) is 50.7 Å². The van der Waals surface area contributed by atoms with E-state index in [0.717, 1.165) is 49.9 Å². The Hall–Kier alpha value is -3.01. The topological polar surface area (TPSA) is 77.2 Å². The first-order chi connectivity index (χ1) is 16.5. The second-order valence-corrected chi connectivity index (χ2v) is 9.82. The number of alkyl halides is 2. The Morgan fingerprint density at radius 2 is 2.00 bits per heavy atom. The molecule has 8 nitrogen and oxygen atoms in total. The van der Waals surface area contributed by atoms with Gasteiger partial charge in [-0.05, 0) is 56.2 Å². The molecule has 6 rings (SSSR count). The number of nitrogens with one attached hydrogen (secondary N) is 1. The highest BCUT2D eigenvalue weighted by Crippen LogP contribution is 2.35. The summed E-state index contributed by atoms with van der Waals surface area (Å²) in [6, 6.07) is 5.52. The average Bonchev–Trinajstić information content (AvgIpc) is 3.61. The summed E-state index contributed by atoms with van der Waals surface area (Å²) in [5.41, 5.74) is 0.141. The van der Waals surface area contributed by atoms with Crippen LogP contribution in [-0.2, 0) is 4.74 Å². The number of carbonyl (C=O) groups is 1. The van der Waals surface area contributed by atoms with Gasteiger partial charge in [-0.2, -0.15) is 5.10 Å². The maximum absolute atomic E-state index is 13.8. The Balaban J connectivity index is 1.26. The summed E-state index contributed by atoms with van der Waals surface area (Å²) in [5, 5.41) is 7.62. The SMILES string of the molecule is C[C@H]1CC[C@H](n2cc(NC(=O)n3ccc4ccc(N5C[C@@H]6C[C@H]5CO6)nc43)c(C(F)F)n2)CC1. The molecule has 3 aromatic heterocycles. The van der Waals surface area contributed by atoms with Crippen LogP contribution in [0.5, 0.6) is 0 Å². The van der Waals surface area contributed by atoms with Gasteiger partial charge in [0.15, 0.2) is 11.3 Å². The number of carbonyl (C=O) groups excluding carboxylic acids is 1. The van der Waals surface area contributed by atoms with Crippen molar-refractivity contribution < 1.29 is 18.3 Å². The molecule has 1 saturated carbocycles. The van der Waals surface area contributed by atoms with Crippen LogP contribution >= 0.6 is 0 Å². The third kappa shape index (κ3) is 3.73. The van der Waals surface area contributed by atoms with E-state index >= 15 is 0 Å². The number of anilines is 2. The molecule has 3 aromatic rings. The Morgan fingerprint density at radius 3 is 2.71 bits per heavy atom. The maximum atomic E-state index is 13.8. The number of hydrogen-bond acceptors (Lipinski definition) is 5. The van der Waals surface area contributed by atoms with E-state index in [9.17, 15) is 13.6 Å². The van der Waals surface area contributed by atoms with Crippen LogP contribution in [0.4, 0.5) is 25.1 Å². The number of aromatic nitrogens is 4. The van der Waals surface area contributed by atoms with Crippen molar-refractivity contribution in [3.8, 4) is 0 Å². The first kappa shape index (κ1) is 21.5. The zero-order valence-corrected chi connectivity index (χ0v) is 19.0. The molecule has 0 radical (unpaired) electrons. The van der Waals surface area contributed by atoms with Gasteiger partial charge in [-0.1, -0.05) is 6.92 Å². The van der Waals surface area contributed by atoms with Crippen molar-refractivity contribution in [2.24, 2.45) is 5.92 Å². The van der Waals surface area contributed by atoms with Crippen LogP contribution in [0.15, 0.2) is 30.6 Å². The van der Waals surface area contributed by atoms with Crippen LogP contribution in [0.2, 0.25) is 0 Å². The minimum atomic E-state index is -2.78. The fraction of sp³-hybridized carbons (Fsp3) is 0.542. The normalized spacial score (nSPS) is 26.6. The van der Waals surface area contributed by atoms with E-state index in [2.05, 4.69) is 22.2 Å². The molecule has 2 aliphatic heterocycles. The number of ether oxygens (including phenoxy) is 1. The van der Waals surface area contributed by atoms with E-state index in [-0.39, 0.29) is 17.8 Å². The molecule has 2 atom stereocenters. The fourth-order valence-corrected chi connectivity index (χ4v) is 5.53. The summed E-state index contributed by atoms with van der Waals surface area (Å²) in [4.78, 5) is 20.1. The average molecular weight is 471 g/mol. The molecule has 1 amide bonds. The summed E-state index contributed by atoms with van der Waals surface area (Å²) in [5.74, 6) is 1.44. The Bertz CT molecular complexity index is 1220. The fourth-order valence-electron chi connectivity index (χ4n) is 5.53. The third-order valence-electron chi connectivity index (χ3n) is 7.50. The maximum Gasteiger partial charge on any atom is 0.331 e. The smallest absolute Gasteiger partial charge is 0.331 e. The standard InChI is InChI=1S/C24H28F2N6O2/c1-14-2-5-16(6-3-14)32-12-19(21(29-32)22(25)26)27-24(33)30-9-8-15-4-7-20(28-23(15)30)31-11-18-10-17(31)13-34-18/h4,7-9,12,14,16-18,22H,2-3,5-6,10-11,13H2,1H3,(H,27,33)/t14-,16-,17-,18-/m0/s1. The highest BCUT2D eigenvalue weighted by atomic mass is 19.3. The minimum absolute atomic E-state index is 0.0469. The van der Waals surface area contributed by atoms with Crippen LogP contribution in [0.25, 0.3) is 11.0 Å². The largest absolute Gasteiger partial charge is 0.374 e. The monoisotopic (exact) mass is 470 g/mol. The number of rotatable bonds is 4. The van der Waals surface area contributed by atoms with Crippen molar-refractivity contribution in [2.75, 3.05) is 23.4 Å². The number of nitrogens with zero attached hydrogens (tertiary/aromatic N) is 5. The highest BCUT2D eigenvalue weighted by molar-refractivity contribution is 5.97. The van der Waals surface area contributed by atoms with Crippen LogP contribution in [0, 0.1) is 5.92 Å². The summed E-state index contributed by atoms with van der Waals surface area (Å²) in [6.45, 7) is 3.68. The second kappa shape index (κ2) is 8.33. The number of pyridine rings is 1. The molecule has 0 spiro atoms. The van der Waals surface area contributed by atoms with Gasteiger partial charge in [-0.3, -0.25) is 9.25 Å². The molecule has 1 aliphatic carbocycles. The van der Waals surface area contributed by atoms with E-state index in [1.165, 1.54) is 4.57 Å². The molecular formula is C24H28F2N6O2. The van der Waals surface area contributed by atoms with Crippen molar-refractivity contribution in [1.29, 1.82) is 0 Å². The lowest BCUT2D eigenvalue weighted by Gasteiger charge is -2.27. The van der Waals surface area contributed by atoms with E-state index in [4.69, 9.17) is 9.72 Å². The van der Waals surface area contributed by atoms with E-state index in [1.54, 1.807) is 23.1 Å². The number of amides is 1. The van der Waals surface area contributed by atoms with Gasteiger partial charge in [0.2, 0.25) is 0 Å². The Morgan fingerprint density at radius 1 is 1.18 bits per heavy atom. The predicted octanol–water partition coefficient (Wildman–Crippen LogP) is 4.98. The number of hydrogen-bond donors (Lipinski definition) is 1. The van der Waals surface area contributed by atoms with Crippen molar-refractivity contribution in [2.45, 2.75) is 63.6 Å². The van der Waals surface area contributed by atoms with Crippen LogP contribution in [0.3, 0.4) is 0 Å². The highest BCUT2D eigenvalue weighted by Gasteiger charge is 2.39. The number of halogens is 2. The summed E-state index contributed by atoms with van der Waals surface area (Å²) < 4.78 is 36.2. The quantitative estimate of drug-likeness (QED) is 0.582. The van der Waals surface area contributed by atoms with Gasteiger partial charge >= 0.3 is 6.03 Å². The Labute approximate surface area is 195 Å². The Kier molecular flexibility index (Phi) is 5.28. The summed E-state index contributed by atoms with van der Waals surface area (Å²) in [6.07, 6.45) is 5.49. The van der Waals surface area contributed by atoms with Gasteiger partial charge in [-0.25, -0.2) is 18.6 Å². The lowest BCUT2D eigenvalue weighted by molar-refractivity contribution is 0.0989. The first-order valence-corrected chi connectivity index (χ1v) is 12.0. The molecule has 2 saturated heterocycles. The lowest BCUT2D eigenvalue weighted by atomic mass is 9.87. The van der Waals surface area contributed by atoms with Gasteiger partial charge < -0.3 is 15.0 Å². The van der Waals surface area contributed by atoms with Crippen molar-refractivity contribution >= 4 is 28.6 Å². The zero-order valence-electron chi connectivity index (χ0n) is 19.0. The first-order valence-electron chi connectivity index (χ1n) is 12.0. The summed E-state index contributed by atoms with van der Waals surface area (Å²) in [7, 11) is 0. The zero-order chi connectivity index (χ0) is 23.4. The van der Waals surface area contributed by atoms with E-state index < -0.39 is 18.2 Å². The number of morpholine rings is 1. The molecule has 3 aliphatic rings. The lowest BCUT2D eigenvalue weighted by Crippen LogP contribution is -2.37. The van der Waals surface area contributed by atoms with Crippen molar-refractivity contribution in [3.05, 3.63) is 36.3 Å². The molecule has 34 heavy (non-hydrogen) atoms. The van der Waals surface area contributed by atoms with Gasteiger partial charge in [0.1, 0.15) is 5.82 Å².